The van der Waals surface area contributed by atoms with Crippen molar-refractivity contribution in [1.82, 2.24) is 4.98 Å². The summed E-state index contributed by atoms with van der Waals surface area (Å²) in [7, 11) is -1.50. The van der Waals surface area contributed by atoms with E-state index in [9.17, 15) is 0 Å². The highest BCUT2D eigenvalue weighted by Crippen LogP contribution is 2.30. The van der Waals surface area contributed by atoms with Gasteiger partial charge in [-0.1, -0.05) is 25.1 Å². The van der Waals surface area contributed by atoms with Crippen LogP contribution in [0.4, 0.5) is 0 Å². The fourth-order valence-corrected chi connectivity index (χ4v) is 3.65. The molecule has 0 bridgehead atoms. The summed E-state index contributed by atoms with van der Waals surface area (Å²) < 4.78 is 6.18. The molecule has 18 heavy (non-hydrogen) atoms. The second-order valence-electron chi connectivity index (χ2n) is 5.81. The summed E-state index contributed by atoms with van der Waals surface area (Å²) in [4.78, 5) is 3.41. The van der Waals surface area contributed by atoms with Crippen molar-refractivity contribution in [3.05, 3.63) is 35.5 Å². The van der Waals surface area contributed by atoms with Crippen LogP contribution < -0.4 is 0 Å². The monoisotopic (exact) mass is 261 g/mol. The van der Waals surface area contributed by atoms with Crippen LogP contribution in [0.15, 0.2) is 24.4 Å². The number of nitrogens with one attached hydrogen (secondary N) is 1. The molecule has 1 atom stereocenters. The molecule has 2 nitrogen and oxygen atoms in total. The highest BCUT2D eigenvalue weighted by molar-refractivity contribution is 6.69. The van der Waals surface area contributed by atoms with Crippen LogP contribution in [0.2, 0.25) is 19.6 Å². The molecule has 0 radical (unpaired) electrons. The molecule has 3 heteroatoms. The Balaban J connectivity index is 2.40. The molecule has 0 spiro atoms. The van der Waals surface area contributed by atoms with Gasteiger partial charge in [0.1, 0.15) is 0 Å². The highest BCUT2D eigenvalue weighted by atomic mass is 28.4. The minimum Gasteiger partial charge on any atom is -0.411 e. The van der Waals surface area contributed by atoms with Gasteiger partial charge in [0.15, 0.2) is 8.32 Å². The van der Waals surface area contributed by atoms with Crippen molar-refractivity contribution in [3.63, 3.8) is 0 Å². The van der Waals surface area contributed by atoms with Crippen molar-refractivity contribution in [3.8, 4) is 0 Å². The van der Waals surface area contributed by atoms with Gasteiger partial charge in [0.05, 0.1) is 6.10 Å². The molecular weight excluding hydrogens is 238 g/mol. The Morgan fingerprint density at radius 1 is 1.28 bits per heavy atom. The van der Waals surface area contributed by atoms with Crippen LogP contribution in [0.1, 0.15) is 31.1 Å². The third-order valence-electron chi connectivity index (χ3n) is 3.18. The Bertz CT molecular complexity index is 539. The first-order valence-corrected chi connectivity index (χ1v) is 10.1. The van der Waals surface area contributed by atoms with E-state index in [1.165, 1.54) is 22.0 Å². The number of rotatable bonds is 4. The van der Waals surface area contributed by atoms with Gasteiger partial charge in [0, 0.05) is 22.7 Å². The lowest BCUT2D eigenvalue weighted by Gasteiger charge is -2.23. The number of aromatic amines is 1. The molecule has 1 heterocycles. The van der Waals surface area contributed by atoms with E-state index < -0.39 is 8.32 Å². The maximum atomic E-state index is 6.18. The zero-order chi connectivity index (χ0) is 13.3. The summed E-state index contributed by atoms with van der Waals surface area (Å²) in [5.74, 6) is 0. The third kappa shape index (κ3) is 2.67. The predicted octanol–water partition coefficient (Wildman–Crippen LogP) is 4.64. The Morgan fingerprint density at radius 3 is 2.61 bits per heavy atom. The third-order valence-corrected chi connectivity index (χ3v) is 4.24. The number of fused-ring (bicyclic) bond motifs is 1. The van der Waals surface area contributed by atoms with E-state index in [1.54, 1.807) is 0 Å². The Labute approximate surface area is 110 Å². The first-order chi connectivity index (χ1) is 8.42. The average molecular weight is 261 g/mol. The summed E-state index contributed by atoms with van der Waals surface area (Å²) in [6, 6.07) is 6.51. The Hall–Kier alpha value is -1.06. The van der Waals surface area contributed by atoms with E-state index in [0.29, 0.717) is 0 Å². The number of benzene rings is 1. The van der Waals surface area contributed by atoms with Crippen LogP contribution in [-0.4, -0.2) is 13.3 Å². The van der Waals surface area contributed by atoms with Crippen LogP contribution in [-0.2, 0) is 10.8 Å². The molecule has 0 saturated carbocycles. The normalized spacial score (nSPS) is 14.1. The molecule has 1 aromatic carbocycles. The van der Waals surface area contributed by atoms with Gasteiger partial charge in [-0.25, -0.2) is 0 Å². The molecule has 0 fully saturated rings. The van der Waals surface area contributed by atoms with E-state index in [1.807, 2.05) is 0 Å². The second kappa shape index (κ2) is 4.90. The average Bonchev–Trinajstić information content (AvgIpc) is 2.69. The first kappa shape index (κ1) is 13.4. The van der Waals surface area contributed by atoms with Crippen molar-refractivity contribution in [1.29, 1.82) is 0 Å². The lowest BCUT2D eigenvalue weighted by molar-refractivity contribution is 0.221. The first-order valence-electron chi connectivity index (χ1n) is 6.69. The Kier molecular flexibility index (Phi) is 3.64. The second-order valence-corrected chi connectivity index (χ2v) is 10.3. The minimum absolute atomic E-state index is 0.164. The van der Waals surface area contributed by atoms with Crippen molar-refractivity contribution >= 4 is 19.2 Å². The number of H-pyrrole nitrogens is 1. The quantitative estimate of drug-likeness (QED) is 0.797. The van der Waals surface area contributed by atoms with Gasteiger partial charge < -0.3 is 9.41 Å². The lowest BCUT2D eigenvalue weighted by atomic mass is 10.1. The van der Waals surface area contributed by atoms with Crippen LogP contribution in [0.3, 0.4) is 0 Å². The number of aromatic nitrogens is 1. The van der Waals surface area contributed by atoms with Gasteiger partial charge in [-0.3, -0.25) is 0 Å². The molecule has 0 aliphatic heterocycles. The van der Waals surface area contributed by atoms with E-state index in [-0.39, 0.29) is 6.10 Å². The molecular formula is C15H23NOSi. The van der Waals surface area contributed by atoms with E-state index in [0.717, 1.165) is 6.42 Å². The van der Waals surface area contributed by atoms with Crippen molar-refractivity contribution in [2.75, 3.05) is 0 Å². The number of hydrogen-bond acceptors (Lipinski definition) is 1. The van der Waals surface area contributed by atoms with E-state index >= 15 is 0 Å². The molecule has 1 aromatic heterocycles. The molecule has 1 unspecified atom stereocenters. The molecule has 98 valence electrons. The molecule has 0 amide bonds. The summed E-state index contributed by atoms with van der Waals surface area (Å²) >= 11 is 0. The fourth-order valence-electron chi connectivity index (χ4n) is 2.46. The summed E-state index contributed by atoms with van der Waals surface area (Å²) in [6.45, 7) is 11.0. The summed E-state index contributed by atoms with van der Waals surface area (Å²) in [5, 5.41) is 1.31. The summed E-state index contributed by atoms with van der Waals surface area (Å²) in [5.41, 5.74) is 3.92. The molecule has 0 saturated heterocycles. The molecule has 2 rings (SSSR count). The highest BCUT2D eigenvalue weighted by Gasteiger charge is 2.21. The zero-order valence-electron chi connectivity index (χ0n) is 12.0. The minimum atomic E-state index is -1.50. The summed E-state index contributed by atoms with van der Waals surface area (Å²) in [6.07, 6.45) is 3.33. The maximum absolute atomic E-state index is 6.18. The smallest absolute Gasteiger partial charge is 0.184 e. The van der Waals surface area contributed by atoms with E-state index in [4.69, 9.17) is 4.43 Å². The number of aryl methyl sites for hydroxylation is 1. The van der Waals surface area contributed by atoms with E-state index in [2.05, 4.69) is 62.9 Å². The maximum Gasteiger partial charge on any atom is 0.184 e. The zero-order valence-corrected chi connectivity index (χ0v) is 13.0. The number of hydrogen-bond donors (Lipinski definition) is 1. The lowest BCUT2D eigenvalue weighted by Crippen LogP contribution is -2.26. The molecule has 0 aliphatic rings. The van der Waals surface area contributed by atoms with Gasteiger partial charge in [-0.2, -0.15) is 0 Å². The van der Waals surface area contributed by atoms with Gasteiger partial charge in [-0.05, 0) is 38.5 Å². The fraction of sp³-hybridized carbons (Fsp3) is 0.467. The Morgan fingerprint density at radius 2 is 2.00 bits per heavy atom. The molecule has 0 aliphatic carbocycles. The predicted molar refractivity (Wildman–Crippen MR) is 80.5 cm³/mol. The van der Waals surface area contributed by atoms with Crippen LogP contribution in [0, 0.1) is 0 Å². The van der Waals surface area contributed by atoms with Gasteiger partial charge >= 0.3 is 0 Å². The standard InChI is InChI=1S/C15H23NOSi/c1-6-12-8-7-9-13-14(10-16-15(12)13)11(2)17-18(3,4)5/h7-11,16H,6H2,1-5H3. The molecule has 2 aromatic rings. The van der Waals surface area contributed by atoms with Crippen molar-refractivity contribution in [2.45, 2.75) is 46.0 Å². The van der Waals surface area contributed by atoms with Crippen LogP contribution >= 0.6 is 0 Å². The van der Waals surface area contributed by atoms with Crippen molar-refractivity contribution < 1.29 is 4.43 Å². The van der Waals surface area contributed by atoms with Gasteiger partial charge in [0.2, 0.25) is 0 Å². The SMILES string of the molecule is CCc1cccc2c(C(C)O[Si](C)(C)C)c[nH]c12. The van der Waals surface area contributed by atoms with Crippen molar-refractivity contribution in [2.24, 2.45) is 0 Å². The number of para-hydroxylation sites is 1. The van der Waals surface area contributed by atoms with Crippen LogP contribution in [0.5, 0.6) is 0 Å². The largest absolute Gasteiger partial charge is 0.411 e. The molecule has 1 N–H and O–H groups in total. The van der Waals surface area contributed by atoms with Gasteiger partial charge in [0.25, 0.3) is 0 Å². The topological polar surface area (TPSA) is 25.0 Å². The van der Waals surface area contributed by atoms with Crippen LogP contribution in [0.25, 0.3) is 10.9 Å². The van der Waals surface area contributed by atoms with Gasteiger partial charge in [-0.15, -0.1) is 0 Å².